The van der Waals surface area contributed by atoms with E-state index in [1.54, 1.807) is 42.5 Å². The van der Waals surface area contributed by atoms with Crippen LogP contribution in [0, 0.1) is 17.0 Å². The third-order valence-electron chi connectivity index (χ3n) is 6.98. The molecule has 0 aliphatic heterocycles. The Labute approximate surface area is 224 Å². The molecule has 7 heteroatoms. The number of nitrogens with zero attached hydrogens (tertiary/aromatic N) is 4. The van der Waals surface area contributed by atoms with Gasteiger partial charge in [-0.2, -0.15) is 0 Å². The van der Waals surface area contributed by atoms with E-state index in [1.165, 1.54) is 16.2 Å². The first kappa shape index (κ1) is 24.1. The van der Waals surface area contributed by atoms with Crippen LogP contribution in [0.15, 0.2) is 108 Å². The van der Waals surface area contributed by atoms with E-state index in [1.807, 2.05) is 42.5 Å². The fourth-order valence-electron chi connectivity index (χ4n) is 5.10. The zero-order chi connectivity index (χ0) is 26.9. The maximum Gasteiger partial charge on any atom is 0.293 e. The summed E-state index contributed by atoms with van der Waals surface area (Å²) in [6.07, 6.45) is 3.72. The van der Waals surface area contributed by atoms with Crippen LogP contribution in [0.1, 0.15) is 22.6 Å². The molecule has 0 atom stereocenters. The third kappa shape index (κ3) is 4.30. The SMILES string of the molecule is Cc1c(C=Cc2nc3ccccc3c(=O)n2-c2ccccc2[N+](=O)[O-])c2ccccc2n1Cc1ccccc1. The van der Waals surface area contributed by atoms with Crippen molar-refractivity contribution < 1.29 is 4.92 Å². The molecule has 0 N–H and O–H groups in total. The summed E-state index contributed by atoms with van der Waals surface area (Å²) in [6, 6.07) is 31.7. The molecule has 7 nitrogen and oxygen atoms in total. The molecule has 0 amide bonds. The van der Waals surface area contributed by atoms with E-state index < -0.39 is 4.92 Å². The Bertz CT molecular complexity index is 1950. The monoisotopic (exact) mass is 512 g/mol. The highest BCUT2D eigenvalue weighted by molar-refractivity contribution is 5.94. The van der Waals surface area contributed by atoms with Gasteiger partial charge in [0.25, 0.3) is 11.2 Å². The number of hydrogen-bond acceptors (Lipinski definition) is 4. The number of rotatable bonds is 6. The number of aromatic nitrogens is 3. The summed E-state index contributed by atoms with van der Waals surface area (Å²) >= 11 is 0. The van der Waals surface area contributed by atoms with Crippen LogP contribution < -0.4 is 5.56 Å². The van der Waals surface area contributed by atoms with Gasteiger partial charge in [0.1, 0.15) is 11.5 Å². The number of benzene rings is 4. The van der Waals surface area contributed by atoms with Gasteiger partial charge in [-0.1, -0.05) is 72.8 Å². The molecule has 0 radical (unpaired) electrons. The van der Waals surface area contributed by atoms with Crippen molar-refractivity contribution in [1.29, 1.82) is 0 Å². The molecular weight excluding hydrogens is 488 g/mol. The summed E-state index contributed by atoms with van der Waals surface area (Å²) in [6.45, 7) is 2.79. The van der Waals surface area contributed by atoms with E-state index >= 15 is 0 Å². The van der Waals surface area contributed by atoms with Crippen LogP contribution >= 0.6 is 0 Å². The summed E-state index contributed by atoms with van der Waals surface area (Å²) < 4.78 is 3.60. The molecule has 0 aliphatic rings. The summed E-state index contributed by atoms with van der Waals surface area (Å²) in [5.41, 5.74) is 4.53. The largest absolute Gasteiger partial charge is 0.340 e. The normalized spacial score (nSPS) is 11.5. The molecule has 39 heavy (non-hydrogen) atoms. The zero-order valence-corrected chi connectivity index (χ0v) is 21.2. The smallest absolute Gasteiger partial charge is 0.293 e. The standard InChI is InChI=1S/C32H24N4O3/c1-22-24(25-13-6-8-16-28(25)34(22)21-23-11-3-2-4-12-23)19-20-31-33-27-15-7-5-14-26(27)32(37)35(31)29-17-9-10-18-30(29)36(38)39/h2-20H,21H2,1H3. The van der Waals surface area contributed by atoms with E-state index in [0.717, 1.165) is 28.7 Å². The van der Waals surface area contributed by atoms with E-state index in [2.05, 4.69) is 35.8 Å². The number of nitro groups is 1. The molecule has 0 bridgehead atoms. The number of fused-ring (bicyclic) bond motifs is 2. The minimum Gasteiger partial charge on any atom is -0.340 e. The maximum absolute atomic E-state index is 13.7. The second kappa shape index (κ2) is 9.87. The van der Waals surface area contributed by atoms with Crippen molar-refractivity contribution in [3.63, 3.8) is 0 Å². The van der Waals surface area contributed by atoms with Gasteiger partial charge in [-0.15, -0.1) is 0 Å². The van der Waals surface area contributed by atoms with Crippen molar-refractivity contribution in [3.05, 3.63) is 146 Å². The fraction of sp³-hybridized carbons (Fsp3) is 0.0625. The number of hydrogen-bond donors (Lipinski definition) is 0. The molecule has 190 valence electrons. The van der Waals surface area contributed by atoms with Gasteiger partial charge in [0.2, 0.25) is 0 Å². The van der Waals surface area contributed by atoms with Crippen LogP contribution in [0.3, 0.4) is 0 Å². The predicted molar refractivity (Wildman–Crippen MR) is 155 cm³/mol. The van der Waals surface area contributed by atoms with Crippen LogP contribution in [-0.2, 0) is 6.54 Å². The molecule has 0 fully saturated rings. The third-order valence-corrected chi connectivity index (χ3v) is 6.98. The van der Waals surface area contributed by atoms with Crippen molar-refractivity contribution in [3.8, 4) is 5.69 Å². The van der Waals surface area contributed by atoms with Crippen LogP contribution in [0.25, 0.3) is 39.6 Å². The highest BCUT2D eigenvalue weighted by atomic mass is 16.6. The minimum atomic E-state index is -0.480. The zero-order valence-electron chi connectivity index (χ0n) is 21.2. The molecule has 0 aliphatic carbocycles. The van der Waals surface area contributed by atoms with Gasteiger partial charge in [-0.05, 0) is 48.9 Å². The van der Waals surface area contributed by atoms with Crippen LogP contribution in [0.2, 0.25) is 0 Å². The average molecular weight is 513 g/mol. The lowest BCUT2D eigenvalue weighted by atomic mass is 10.1. The summed E-state index contributed by atoms with van der Waals surface area (Å²) in [7, 11) is 0. The van der Waals surface area contributed by atoms with Crippen molar-refractivity contribution >= 4 is 39.6 Å². The Morgan fingerprint density at radius 3 is 2.28 bits per heavy atom. The summed E-state index contributed by atoms with van der Waals surface area (Å²) in [5, 5.41) is 13.3. The van der Waals surface area contributed by atoms with Crippen molar-refractivity contribution in [2.45, 2.75) is 13.5 Å². The molecule has 0 saturated carbocycles. The van der Waals surface area contributed by atoms with Crippen molar-refractivity contribution in [1.82, 2.24) is 14.1 Å². The quantitative estimate of drug-likeness (QED) is 0.182. The first-order valence-corrected chi connectivity index (χ1v) is 12.6. The second-order valence-electron chi connectivity index (χ2n) is 9.29. The maximum atomic E-state index is 13.7. The van der Waals surface area contributed by atoms with Crippen molar-refractivity contribution in [2.75, 3.05) is 0 Å². The first-order valence-electron chi connectivity index (χ1n) is 12.6. The average Bonchev–Trinajstić information content (AvgIpc) is 3.22. The van der Waals surface area contributed by atoms with Gasteiger partial charge in [-0.3, -0.25) is 19.5 Å². The van der Waals surface area contributed by atoms with E-state index in [4.69, 9.17) is 4.98 Å². The highest BCUT2D eigenvalue weighted by Gasteiger charge is 2.20. The molecule has 4 aromatic carbocycles. The van der Waals surface area contributed by atoms with Gasteiger partial charge >= 0.3 is 0 Å². The Hall–Kier alpha value is -5.30. The Kier molecular flexibility index (Phi) is 6.09. The Morgan fingerprint density at radius 1 is 0.821 bits per heavy atom. The molecule has 6 rings (SSSR count). The van der Waals surface area contributed by atoms with E-state index in [0.29, 0.717) is 16.7 Å². The lowest BCUT2D eigenvalue weighted by molar-refractivity contribution is -0.384. The van der Waals surface area contributed by atoms with E-state index in [9.17, 15) is 14.9 Å². The molecule has 0 saturated heterocycles. The first-order chi connectivity index (χ1) is 19.0. The molecule has 6 aromatic rings. The Morgan fingerprint density at radius 2 is 1.49 bits per heavy atom. The van der Waals surface area contributed by atoms with Crippen LogP contribution in [-0.4, -0.2) is 19.0 Å². The van der Waals surface area contributed by atoms with Gasteiger partial charge in [0.15, 0.2) is 0 Å². The molecule has 0 unspecified atom stereocenters. The highest BCUT2D eigenvalue weighted by Crippen LogP contribution is 2.29. The van der Waals surface area contributed by atoms with Gasteiger partial charge in [0, 0.05) is 34.8 Å². The predicted octanol–water partition coefficient (Wildman–Crippen LogP) is 6.78. The Balaban J connectivity index is 1.56. The molecule has 2 aromatic heterocycles. The number of para-hydroxylation sites is 4. The fourth-order valence-corrected chi connectivity index (χ4v) is 5.10. The molecule has 0 spiro atoms. The summed E-state index contributed by atoms with van der Waals surface area (Å²) in [5.74, 6) is 0.312. The van der Waals surface area contributed by atoms with Gasteiger partial charge in [-0.25, -0.2) is 4.98 Å². The van der Waals surface area contributed by atoms with Crippen LogP contribution in [0.4, 0.5) is 5.69 Å². The van der Waals surface area contributed by atoms with E-state index in [-0.39, 0.29) is 16.9 Å². The second-order valence-corrected chi connectivity index (χ2v) is 9.29. The lowest BCUT2D eigenvalue weighted by Gasteiger charge is -2.12. The summed E-state index contributed by atoms with van der Waals surface area (Å²) in [4.78, 5) is 29.8. The number of nitro benzene ring substituents is 1. The molecular formula is C32H24N4O3. The molecule has 2 heterocycles. The van der Waals surface area contributed by atoms with Gasteiger partial charge in [0.05, 0.1) is 15.8 Å². The van der Waals surface area contributed by atoms with Crippen LogP contribution in [0.5, 0.6) is 0 Å². The lowest BCUT2D eigenvalue weighted by Crippen LogP contribution is -2.23. The van der Waals surface area contributed by atoms with Gasteiger partial charge < -0.3 is 4.57 Å². The minimum absolute atomic E-state index is 0.165. The topological polar surface area (TPSA) is 83.0 Å². The van der Waals surface area contributed by atoms with Crippen molar-refractivity contribution in [2.24, 2.45) is 0 Å².